The molecule has 0 aliphatic heterocycles. The minimum Gasteiger partial charge on any atom is -0.388 e. The normalized spacial score (nSPS) is 14.4. The lowest BCUT2D eigenvalue weighted by Gasteiger charge is -2.27. The molecule has 3 nitrogen and oxygen atoms in total. The number of nitrogens with one attached hydrogen (secondary N) is 1. The smallest absolute Gasteiger partial charge is 0.252 e. The third-order valence-electron chi connectivity index (χ3n) is 3.02. The molecule has 0 saturated carbocycles. The SMILES string of the molecule is CC(C)C(C)(O)CNC(=O)c1cc(F)ccc1Br. The van der Waals surface area contributed by atoms with E-state index in [-0.39, 0.29) is 18.0 Å². The maximum absolute atomic E-state index is 13.1. The zero-order valence-corrected chi connectivity index (χ0v) is 12.2. The lowest BCUT2D eigenvalue weighted by atomic mass is 9.92. The molecule has 5 heteroatoms. The number of rotatable bonds is 4. The Balaban J connectivity index is 2.75. The van der Waals surface area contributed by atoms with E-state index in [9.17, 15) is 14.3 Å². The molecule has 2 N–H and O–H groups in total. The number of amides is 1. The van der Waals surface area contributed by atoms with Crippen LogP contribution in [0.2, 0.25) is 0 Å². The Morgan fingerprint density at radius 2 is 2.17 bits per heavy atom. The van der Waals surface area contributed by atoms with E-state index in [0.29, 0.717) is 4.47 Å². The maximum Gasteiger partial charge on any atom is 0.252 e. The summed E-state index contributed by atoms with van der Waals surface area (Å²) in [5.74, 6) is -0.880. The molecule has 1 amide bonds. The van der Waals surface area contributed by atoms with Crippen LogP contribution in [-0.2, 0) is 0 Å². The van der Waals surface area contributed by atoms with Gasteiger partial charge in [-0.3, -0.25) is 4.79 Å². The Morgan fingerprint density at radius 3 is 2.72 bits per heavy atom. The van der Waals surface area contributed by atoms with Crippen LogP contribution in [0, 0.1) is 11.7 Å². The van der Waals surface area contributed by atoms with Gasteiger partial charge in [0.1, 0.15) is 5.82 Å². The summed E-state index contributed by atoms with van der Waals surface area (Å²) in [6.45, 7) is 5.50. The highest BCUT2D eigenvalue weighted by atomic mass is 79.9. The monoisotopic (exact) mass is 317 g/mol. The summed E-state index contributed by atoms with van der Waals surface area (Å²) in [5, 5.41) is 12.6. The molecule has 1 rings (SSSR count). The highest BCUT2D eigenvalue weighted by Gasteiger charge is 2.25. The van der Waals surface area contributed by atoms with Gasteiger partial charge in [0.05, 0.1) is 11.2 Å². The average molecular weight is 318 g/mol. The molecule has 1 atom stereocenters. The van der Waals surface area contributed by atoms with Gasteiger partial charge in [0, 0.05) is 11.0 Å². The molecule has 0 aliphatic rings. The van der Waals surface area contributed by atoms with Crippen LogP contribution in [-0.4, -0.2) is 23.2 Å². The number of hydrogen-bond acceptors (Lipinski definition) is 2. The van der Waals surface area contributed by atoms with Gasteiger partial charge < -0.3 is 10.4 Å². The standard InChI is InChI=1S/C13H17BrFNO2/c1-8(2)13(3,18)7-16-12(17)10-6-9(15)4-5-11(10)14/h4-6,8,18H,7H2,1-3H3,(H,16,17). The van der Waals surface area contributed by atoms with Gasteiger partial charge in [0.2, 0.25) is 0 Å². The number of hydrogen-bond donors (Lipinski definition) is 2. The molecule has 0 radical (unpaired) electrons. The Bertz CT molecular complexity index is 447. The van der Waals surface area contributed by atoms with Crippen LogP contribution in [0.3, 0.4) is 0 Å². The topological polar surface area (TPSA) is 49.3 Å². The Kier molecular flexibility index (Phi) is 4.87. The lowest BCUT2D eigenvalue weighted by molar-refractivity contribution is 0.0142. The minimum atomic E-state index is -0.991. The molecule has 0 fully saturated rings. The van der Waals surface area contributed by atoms with Crippen molar-refractivity contribution in [2.45, 2.75) is 26.4 Å². The first kappa shape index (κ1) is 15.1. The molecule has 0 bridgehead atoms. The molecule has 1 aromatic rings. The van der Waals surface area contributed by atoms with Crippen molar-refractivity contribution in [1.82, 2.24) is 5.32 Å². The van der Waals surface area contributed by atoms with Gasteiger partial charge in [-0.15, -0.1) is 0 Å². The van der Waals surface area contributed by atoms with Crippen LogP contribution in [0.5, 0.6) is 0 Å². The molecule has 0 heterocycles. The third-order valence-corrected chi connectivity index (χ3v) is 3.72. The molecule has 0 spiro atoms. The van der Waals surface area contributed by atoms with Crippen molar-refractivity contribution in [2.75, 3.05) is 6.54 Å². The van der Waals surface area contributed by atoms with Crippen molar-refractivity contribution in [1.29, 1.82) is 0 Å². The van der Waals surface area contributed by atoms with E-state index in [1.807, 2.05) is 13.8 Å². The van der Waals surface area contributed by atoms with E-state index in [0.717, 1.165) is 6.07 Å². The Hall–Kier alpha value is -0.940. The summed E-state index contributed by atoms with van der Waals surface area (Å²) < 4.78 is 13.6. The van der Waals surface area contributed by atoms with E-state index in [1.165, 1.54) is 12.1 Å². The molecular weight excluding hydrogens is 301 g/mol. The number of carbonyl (C=O) groups is 1. The largest absolute Gasteiger partial charge is 0.388 e. The van der Waals surface area contributed by atoms with Gasteiger partial charge in [0.15, 0.2) is 0 Å². The van der Waals surface area contributed by atoms with Crippen molar-refractivity contribution in [3.8, 4) is 0 Å². The molecule has 18 heavy (non-hydrogen) atoms. The maximum atomic E-state index is 13.1. The predicted octanol–water partition coefficient (Wildman–Crippen LogP) is 2.73. The summed E-state index contributed by atoms with van der Waals surface area (Å²) in [6, 6.07) is 3.90. The van der Waals surface area contributed by atoms with Crippen LogP contribution in [0.1, 0.15) is 31.1 Å². The molecule has 0 aliphatic carbocycles. The van der Waals surface area contributed by atoms with Crippen molar-refractivity contribution in [3.63, 3.8) is 0 Å². The fourth-order valence-corrected chi connectivity index (χ4v) is 1.66. The first-order valence-corrected chi connectivity index (χ1v) is 6.49. The van der Waals surface area contributed by atoms with E-state index in [4.69, 9.17) is 0 Å². The van der Waals surface area contributed by atoms with E-state index in [1.54, 1.807) is 6.92 Å². The number of aliphatic hydroxyl groups is 1. The summed E-state index contributed by atoms with van der Waals surface area (Å²) in [7, 11) is 0. The number of carbonyl (C=O) groups excluding carboxylic acids is 1. The zero-order chi connectivity index (χ0) is 13.9. The quantitative estimate of drug-likeness (QED) is 0.897. The van der Waals surface area contributed by atoms with Gasteiger partial charge in [-0.25, -0.2) is 4.39 Å². The first-order valence-electron chi connectivity index (χ1n) is 5.69. The Labute approximate surface area is 115 Å². The summed E-state index contributed by atoms with van der Waals surface area (Å²) in [6.07, 6.45) is 0. The van der Waals surface area contributed by atoms with Crippen molar-refractivity contribution in [3.05, 3.63) is 34.1 Å². The fraction of sp³-hybridized carbons (Fsp3) is 0.462. The second-order valence-corrected chi connectivity index (χ2v) is 5.67. The summed E-state index contributed by atoms with van der Waals surface area (Å²) >= 11 is 3.19. The fourth-order valence-electron chi connectivity index (χ4n) is 1.23. The molecule has 1 unspecified atom stereocenters. The number of halogens is 2. The van der Waals surface area contributed by atoms with Crippen LogP contribution < -0.4 is 5.32 Å². The van der Waals surface area contributed by atoms with Gasteiger partial charge >= 0.3 is 0 Å². The van der Waals surface area contributed by atoms with Crippen molar-refractivity contribution >= 4 is 21.8 Å². The second-order valence-electron chi connectivity index (χ2n) is 4.82. The van der Waals surface area contributed by atoms with Crippen LogP contribution in [0.4, 0.5) is 4.39 Å². The van der Waals surface area contributed by atoms with Crippen molar-refractivity contribution < 1.29 is 14.3 Å². The highest BCUT2D eigenvalue weighted by Crippen LogP contribution is 2.19. The third kappa shape index (κ3) is 3.78. The molecular formula is C13H17BrFNO2. The molecule has 100 valence electrons. The highest BCUT2D eigenvalue weighted by molar-refractivity contribution is 9.10. The minimum absolute atomic E-state index is 0.00810. The van der Waals surface area contributed by atoms with Gasteiger partial charge in [-0.1, -0.05) is 13.8 Å². The second kappa shape index (κ2) is 5.80. The lowest BCUT2D eigenvalue weighted by Crippen LogP contribution is -2.44. The van der Waals surface area contributed by atoms with Crippen LogP contribution in [0.15, 0.2) is 22.7 Å². The Morgan fingerprint density at radius 1 is 1.56 bits per heavy atom. The average Bonchev–Trinajstić information content (AvgIpc) is 2.29. The van der Waals surface area contributed by atoms with Crippen LogP contribution in [0.25, 0.3) is 0 Å². The van der Waals surface area contributed by atoms with E-state index in [2.05, 4.69) is 21.2 Å². The summed E-state index contributed by atoms with van der Waals surface area (Å²) in [4.78, 5) is 11.9. The van der Waals surface area contributed by atoms with Crippen molar-refractivity contribution in [2.24, 2.45) is 5.92 Å². The molecule has 0 saturated heterocycles. The van der Waals surface area contributed by atoms with Gasteiger partial charge in [0.25, 0.3) is 5.91 Å². The molecule has 0 aromatic heterocycles. The first-order chi connectivity index (χ1) is 8.24. The molecule has 1 aromatic carbocycles. The summed E-state index contributed by atoms with van der Waals surface area (Å²) in [5.41, 5.74) is -0.773. The van der Waals surface area contributed by atoms with Gasteiger partial charge in [-0.05, 0) is 47.0 Å². The van der Waals surface area contributed by atoms with E-state index >= 15 is 0 Å². The van der Waals surface area contributed by atoms with Crippen LogP contribution >= 0.6 is 15.9 Å². The number of benzene rings is 1. The zero-order valence-electron chi connectivity index (χ0n) is 10.6. The predicted molar refractivity (Wildman–Crippen MR) is 71.9 cm³/mol. The van der Waals surface area contributed by atoms with E-state index < -0.39 is 17.3 Å². The van der Waals surface area contributed by atoms with Gasteiger partial charge in [-0.2, -0.15) is 0 Å².